The van der Waals surface area contributed by atoms with Crippen molar-refractivity contribution in [3.63, 3.8) is 0 Å². The summed E-state index contributed by atoms with van der Waals surface area (Å²) in [6.07, 6.45) is 0. The number of ether oxygens (including phenoxy) is 1. The van der Waals surface area contributed by atoms with E-state index in [0.717, 1.165) is 36.5 Å². The number of para-hydroxylation sites is 1. The van der Waals surface area contributed by atoms with Crippen molar-refractivity contribution in [1.82, 2.24) is 4.98 Å². The van der Waals surface area contributed by atoms with E-state index < -0.39 is 0 Å². The van der Waals surface area contributed by atoms with Crippen molar-refractivity contribution in [2.75, 3.05) is 7.11 Å². The van der Waals surface area contributed by atoms with Crippen molar-refractivity contribution >= 4 is 45.1 Å². The number of fused-ring (bicyclic) bond motifs is 1. The zero-order valence-corrected chi connectivity index (χ0v) is 13.6. The molecule has 0 spiro atoms. The van der Waals surface area contributed by atoms with E-state index in [9.17, 15) is 0 Å². The molecule has 0 aliphatic rings. The van der Waals surface area contributed by atoms with E-state index in [2.05, 4.69) is 22.6 Å². The molecule has 4 heteroatoms. The van der Waals surface area contributed by atoms with Gasteiger partial charge in [-0.25, -0.2) is 4.98 Å². The van der Waals surface area contributed by atoms with E-state index >= 15 is 0 Å². The molecule has 0 amide bonds. The fourth-order valence-corrected chi connectivity index (χ4v) is 3.06. The van der Waals surface area contributed by atoms with Crippen molar-refractivity contribution in [2.45, 2.75) is 0 Å². The first kappa shape index (κ1) is 13.6. The van der Waals surface area contributed by atoms with E-state index in [1.165, 1.54) is 0 Å². The van der Waals surface area contributed by atoms with E-state index in [-0.39, 0.29) is 0 Å². The molecule has 100 valence electrons. The topological polar surface area (TPSA) is 22.1 Å². The van der Waals surface area contributed by atoms with Crippen LogP contribution in [-0.4, -0.2) is 12.1 Å². The highest BCUT2D eigenvalue weighted by molar-refractivity contribution is 14.1. The maximum atomic E-state index is 6.47. The van der Waals surface area contributed by atoms with E-state index in [4.69, 9.17) is 21.3 Å². The van der Waals surface area contributed by atoms with E-state index in [1.54, 1.807) is 7.11 Å². The van der Waals surface area contributed by atoms with Gasteiger partial charge in [0.15, 0.2) is 0 Å². The van der Waals surface area contributed by atoms with Crippen LogP contribution in [0.2, 0.25) is 5.02 Å². The van der Waals surface area contributed by atoms with Crippen molar-refractivity contribution < 1.29 is 4.74 Å². The Bertz CT molecular complexity index is 771. The fourth-order valence-electron chi connectivity index (χ4n) is 2.09. The highest BCUT2D eigenvalue weighted by Gasteiger charge is 2.12. The van der Waals surface area contributed by atoms with E-state index in [1.807, 2.05) is 48.5 Å². The van der Waals surface area contributed by atoms with Crippen molar-refractivity contribution in [1.29, 1.82) is 0 Å². The van der Waals surface area contributed by atoms with Crippen LogP contribution in [0.4, 0.5) is 0 Å². The van der Waals surface area contributed by atoms with Crippen LogP contribution >= 0.6 is 34.2 Å². The summed E-state index contributed by atoms with van der Waals surface area (Å²) < 4.78 is 6.15. The first-order valence-corrected chi connectivity index (χ1v) is 7.54. The Morgan fingerprint density at radius 3 is 2.45 bits per heavy atom. The molecular weight excluding hydrogens is 385 g/mol. The third kappa shape index (κ3) is 2.36. The summed E-state index contributed by atoms with van der Waals surface area (Å²) in [5.41, 5.74) is 2.84. The first-order chi connectivity index (χ1) is 9.70. The highest BCUT2D eigenvalue weighted by Crippen LogP contribution is 2.34. The Labute approximate surface area is 135 Å². The minimum atomic E-state index is 0.752. The Morgan fingerprint density at radius 1 is 1.05 bits per heavy atom. The number of halogens is 2. The fraction of sp³-hybridized carbons (Fsp3) is 0.0625. The van der Waals surface area contributed by atoms with Gasteiger partial charge >= 0.3 is 0 Å². The van der Waals surface area contributed by atoms with Gasteiger partial charge in [-0.05, 0) is 52.9 Å². The molecule has 0 bridgehead atoms. The summed E-state index contributed by atoms with van der Waals surface area (Å²) in [5, 5.41) is 1.73. The van der Waals surface area contributed by atoms with Crippen LogP contribution in [0.3, 0.4) is 0 Å². The van der Waals surface area contributed by atoms with Gasteiger partial charge in [0.05, 0.1) is 26.9 Å². The third-order valence-electron chi connectivity index (χ3n) is 3.14. The van der Waals surface area contributed by atoms with Gasteiger partial charge in [0.1, 0.15) is 5.75 Å². The van der Waals surface area contributed by atoms with Crippen molar-refractivity contribution in [3.8, 4) is 17.0 Å². The number of aromatic nitrogens is 1. The molecule has 0 saturated heterocycles. The molecule has 1 heterocycles. The van der Waals surface area contributed by atoms with Gasteiger partial charge < -0.3 is 4.74 Å². The Morgan fingerprint density at radius 2 is 1.75 bits per heavy atom. The Hall–Kier alpha value is -1.33. The van der Waals surface area contributed by atoms with Gasteiger partial charge in [-0.3, -0.25) is 0 Å². The normalized spacial score (nSPS) is 10.8. The van der Waals surface area contributed by atoms with Crippen LogP contribution < -0.4 is 4.74 Å². The van der Waals surface area contributed by atoms with Gasteiger partial charge in [-0.15, -0.1) is 0 Å². The van der Waals surface area contributed by atoms with Crippen LogP contribution in [0.1, 0.15) is 0 Å². The standard InChI is InChI=1S/C16H11ClINO/c1-20-11-8-6-10(7-9-11)16-15(18)14(17)12-4-2-3-5-13(12)19-16/h2-9H,1H3. The Balaban J connectivity index is 2.22. The number of pyridine rings is 1. The SMILES string of the molecule is COc1ccc(-c2nc3ccccc3c(Cl)c2I)cc1. The molecule has 0 aliphatic heterocycles. The van der Waals surface area contributed by atoms with Crippen LogP contribution in [0, 0.1) is 3.57 Å². The lowest BCUT2D eigenvalue weighted by Crippen LogP contribution is -1.92. The van der Waals surface area contributed by atoms with Gasteiger partial charge in [0, 0.05) is 10.9 Å². The maximum Gasteiger partial charge on any atom is 0.118 e. The molecule has 0 radical (unpaired) electrons. The number of benzene rings is 2. The minimum Gasteiger partial charge on any atom is -0.497 e. The number of hydrogen-bond acceptors (Lipinski definition) is 2. The average Bonchev–Trinajstić information content (AvgIpc) is 2.51. The molecule has 0 N–H and O–H groups in total. The Kier molecular flexibility index (Phi) is 3.81. The molecular formula is C16H11ClINO. The number of hydrogen-bond donors (Lipinski definition) is 0. The van der Waals surface area contributed by atoms with E-state index in [0.29, 0.717) is 0 Å². The summed E-state index contributed by atoms with van der Waals surface area (Å²) in [6.45, 7) is 0. The van der Waals surface area contributed by atoms with Crippen molar-refractivity contribution in [2.24, 2.45) is 0 Å². The van der Waals surface area contributed by atoms with Crippen molar-refractivity contribution in [3.05, 3.63) is 57.1 Å². The predicted molar refractivity (Wildman–Crippen MR) is 91.5 cm³/mol. The quantitative estimate of drug-likeness (QED) is 0.559. The van der Waals surface area contributed by atoms with Gasteiger partial charge in [-0.2, -0.15) is 0 Å². The molecule has 3 aromatic rings. The van der Waals surface area contributed by atoms with Crippen LogP contribution in [0.5, 0.6) is 5.75 Å². The third-order valence-corrected chi connectivity index (χ3v) is 4.90. The number of nitrogens with zero attached hydrogens (tertiary/aromatic N) is 1. The number of methoxy groups -OCH3 is 1. The second-order valence-electron chi connectivity index (χ2n) is 4.33. The molecule has 0 fully saturated rings. The molecule has 0 atom stereocenters. The molecule has 3 rings (SSSR count). The monoisotopic (exact) mass is 395 g/mol. The summed E-state index contributed by atoms with van der Waals surface area (Å²) in [7, 11) is 1.66. The lowest BCUT2D eigenvalue weighted by Gasteiger charge is -2.09. The van der Waals surface area contributed by atoms with Crippen LogP contribution in [-0.2, 0) is 0 Å². The molecule has 2 aromatic carbocycles. The summed E-state index contributed by atoms with van der Waals surface area (Å²) in [4.78, 5) is 4.73. The first-order valence-electron chi connectivity index (χ1n) is 6.09. The second kappa shape index (κ2) is 5.58. The summed E-state index contributed by atoms with van der Waals surface area (Å²) in [5.74, 6) is 0.829. The molecule has 0 aliphatic carbocycles. The molecule has 0 unspecified atom stereocenters. The summed E-state index contributed by atoms with van der Waals surface area (Å²) >= 11 is 8.72. The van der Waals surface area contributed by atoms with Gasteiger partial charge in [0.2, 0.25) is 0 Å². The molecule has 1 aromatic heterocycles. The van der Waals surface area contributed by atoms with Gasteiger partial charge in [0.25, 0.3) is 0 Å². The summed E-state index contributed by atoms with van der Waals surface area (Å²) in [6, 6.07) is 15.7. The number of rotatable bonds is 2. The maximum absolute atomic E-state index is 6.47. The smallest absolute Gasteiger partial charge is 0.118 e. The molecule has 0 saturated carbocycles. The molecule has 20 heavy (non-hydrogen) atoms. The lowest BCUT2D eigenvalue weighted by molar-refractivity contribution is 0.415. The van der Waals surface area contributed by atoms with Gasteiger partial charge in [-0.1, -0.05) is 29.8 Å². The highest BCUT2D eigenvalue weighted by atomic mass is 127. The average molecular weight is 396 g/mol. The zero-order valence-electron chi connectivity index (χ0n) is 10.7. The van der Waals surface area contributed by atoms with Crippen LogP contribution in [0.25, 0.3) is 22.2 Å². The molecule has 2 nitrogen and oxygen atoms in total. The second-order valence-corrected chi connectivity index (χ2v) is 5.79. The predicted octanol–water partition coefficient (Wildman–Crippen LogP) is 5.17. The largest absolute Gasteiger partial charge is 0.497 e. The minimum absolute atomic E-state index is 0.752. The van der Waals surface area contributed by atoms with Crippen LogP contribution in [0.15, 0.2) is 48.5 Å². The lowest BCUT2D eigenvalue weighted by atomic mass is 10.1. The zero-order chi connectivity index (χ0) is 14.1.